The van der Waals surface area contributed by atoms with Gasteiger partial charge in [0.25, 0.3) is 5.91 Å². The molecular weight excluding hydrogens is 288 g/mol. The Balaban J connectivity index is 2.32. The number of carboxylic acid groups (broad SMARTS) is 1. The minimum atomic E-state index is -1.15. The summed E-state index contributed by atoms with van der Waals surface area (Å²) in [5, 5.41) is 11.9. The molecule has 2 N–H and O–H groups in total. The molecule has 5 nitrogen and oxygen atoms in total. The van der Waals surface area contributed by atoms with Crippen molar-refractivity contribution >= 4 is 40.5 Å². The molecule has 0 aliphatic rings. The number of hydrogen-bond donors (Lipinski definition) is 2. The number of aromatic nitrogens is 1. The fourth-order valence-corrected chi connectivity index (χ4v) is 2.37. The van der Waals surface area contributed by atoms with Gasteiger partial charge in [0.2, 0.25) is 0 Å². The molecule has 2 rings (SSSR count). The summed E-state index contributed by atoms with van der Waals surface area (Å²) in [6, 6.07) is 4.27. The van der Waals surface area contributed by atoms with Gasteiger partial charge in [0, 0.05) is 5.02 Å². The van der Waals surface area contributed by atoms with Crippen LogP contribution >= 0.6 is 22.9 Å². The Bertz CT molecular complexity index is 654. The summed E-state index contributed by atoms with van der Waals surface area (Å²) < 4.78 is 0. The van der Waals surface area contributed by atoms with Gasteiger partial charge < -0.3 is 10.4 Å². The minimum Gasteiger partial charge on any atom is -0.478 e. The molecule has 0 atom stereocenters. The van der Waals surface area contributed by atoms with Crippen LogP contribution in [0.2, 0.25) is 5.02 Å². The number of rotatable bonds is 3. The zero-order valence-corrected chi connectivity index (χ0v) is 11.4. The summed E-state index contributed by atoms with van der Waals surface area (Å²) in [6.07, 6.45) is 0. The van der Waals surface area contributed by atoms with Crippen molar-refractivity contribution < 1.29 is 14.7 Å². The molecule has 98 valence electrons. The molecule has 0 spiro atoms. The highest BCUT2D eigenvalue weighted by Gasteiger charge is 2.16. The summed E-state index contributed by atoms with van der Waals surface area (Å²) >= 11 is 6.94. The molecule has 1 aromatic heterocycles. The van der Waals surface area contributed by atoms with E-state index in [9.17, 15) is 9.59 Å². The lowest BCUT2D eigenvalue weighted by atomic mass is 10.1. The molecule has 1 aromatic carbocycles. The van der Waals surface area contributed by atoms with Crippen molar-refractivity contribution in [3.63, 3.8) is 0 Å². The largest absolute Gasteiger partial charge is 0.478 e. The van der Waals surface area contributed by atoms with Gasteiger partial charge in [0.1, 0.15) is 4.88 Å². The number of anilines is 1. The van der Waals surface area contributed by atoms with Crippen LogP contribution < -0.4 is 5.32 Å². The third kappa shape index (κ3) is 2.91. The first-order valence-corrected chi connectivity index (χ1v) is 6.49. The van der Waals surface area contributed by atoms with Gasteiger partial charge in [0.05, 0.1) is 22.5 Å². The van der Waals surface area contributed by atoms with Crippen LogP contribution in [-0.4, -0.2) is 22.0 Å². The fraction of sp³-hybridized carbons (Fsp3) is 0.0833. The average molecular weight is 297 g/mol. The van der Waals surface area contributed by atoms with E-state index < -0.39 is 5.97 Å². The SMILES string of the molecule is Cc1ncsc1C(=O)Nc1ccc(Cl)cc1C(=O)O. The Kier molecular flexibility index (Phi) is 3.82. The number of carbonyl (C=O) groups excluding carboxylic acids is 1. The summed E-state index contributed by atoms with van der Waals surface area (Å²) in [7, 11) is 0. The summed E-state index contributed by atoms with van der Waals surface area (Å²) in [4.78, 5) is 27.5. The second-order valence-corrected chi connectivity index (χ2v) is 5.01. The summed E-state index contributed by atoms with van der Waals surface area (Å²) in [5.41, 5.74) is 2.32. The monoisotopic (exact) mass is 296 g/mol. The number of amides is 1. The Hall–Kier alpha value is -1.92. The number of aromatic carboxylic acids is 1. The maximum Gasteiger partial charge on any atom is 0.337 e. The zero-order chi connectivity index (χ0) is 14.0. The van der Waals surface area contributed by atoms with E-state index in [4.69, 9.17) is 16.7 Å². The second kappa shape index (κ2) is 5.38. The molecule has 7 heteroatoms. The van der Waals surface area contributed by atoms with E-state index in [-0.39, 0.29) is 17.2 Å². The first-order chi connectivity index (χ1) is 8.99. The van der Waals surface area contributed by atoms with Crippen molar-refractivity contribution in [3.05, 3.63) is 44.9 Å². The van der Waals surface area contributed by atoms with Crippen molar-refractivity contribution in [3.8, 4) is 0 Å². The molecule has 0 radical (unpaired) electrons. The highest BCUT2D eigenvalue weighted by molar-refractivity contribution is 7.12. The molecule has 0 fully saturated rings. The van der Waals surface area contributed by atoms with Gasteiger partial charge >= 0.3 is 5.97 Å². The summed E-state index contributed by atoms with van der Waals surface area (Å²) in [6.45, 7) is 1.71. The van der Waals surface area contributed by atoms with Crippen molar-refractivity contribution in [2.45, 2.75) is 6.92 Å². The van der Waals surface area contributed by atoms with E-state index in [0.29, 0.717) is 15.6 Å². The van der Waals surface area contributed by atoms with Gasteiger partial charge in [-0.1, -0.05) is 11.6 Å². The predicted octanol–water partition coefficient (Wildman–Crippen LogP) is 3.06. The zero-order valence-electron chi connectivity index (χ0n) is 9.81. The van der Waals surface area contributed by atoms with Crippen LogP contribution in [0.3, 0.4) is 0 Å². The van der Waals surface area contributed by atoms with Gasteiger partial charge in [0.15, 0.2) is 0 Å². The van der Waals surface area contributed by atoms with Crippen LogP contribution in [0, 0.1) is 6.92 Å². The molecule has 19 heavy (non-hydrogen) atoms. The number of nitrogens with zero attached hydrogens (tertiary/aromatic N) is 1. The first kappa shape index (κ1) is 13.5. The Morgan fingerprint density at radius 2 is 2.16 bits per heavy atom. The van der Waals surface area contributed by atoms with Crippen LogP contribution in [0.4, 0.5) is 5.69 Å². The molecule has 0 aliphatic heterocycles. The number of benzene rings is 1. The third-order valence-electron chi connectivity index (χ3n) is 2.41. The Labute approximate surface area is 117 Å². The molecule has 1 heterocycles. The second-order valence-electron chi connectivity index (χ2n) is 3.72. The highest BCUT2D eigenvalue weighted by Crippen LogP contribution is 2.22. The molecule has 1 amide bonds. The number of thiazole rings is 1. The highest BCUT2D eigenvalue weighted by atomic mass is 35.5. The molecular formula is C12H9ClN2O3S. The molecule has 0 bridgehead atoms. The van der Waals surface area contributed by atoms with Gasteiger partial charge in [-0.25, -0.2) is 9.78 Å². The van der Waals surface area contributed by atoms with Crippen molar-refractivity contribution in [2.75, 3.05) is 5.32 Å². The first-order valence-electron chi connectivity index (χ1n) is 5.23. The van der Waals surface area contributed by atoms with E-state index in [1.54, 1.807) is 12.4 Å². The van der Waals surface area contributed by atoms with Crippen molar-refractivity contribution in [1.29, 1.82) is 0 Å². The van der Waals surface area contributed by atoms with Gasteiger partial charge in [-0.15, -0.1) is 11.3 Å². The van der Waals surface area contributed by atoms with Crippen LogP contribution in [0.25, 0.3) is 0 Å². The normalized spacial score (nSPS) is 10.2. The molecule has 0 saturated heterocycles. The standard InChI is InChI=1S/C12H9ClN2O3S/c1-6-10(19-5-14-6)11(16)15-9-3-2-7(13)4-8(9)12(17)18/h2-5H,1H3,(H,15,16)(H,17,18). The lowest BCUT2D eigenvalue weighted by molar-refractivity contribution is 0.0698. The maximum absolute atomic E-state index is 12.0. The van der Waals surface area contributed by atoms with Crippen LogP contribution in [0.5, 0.6) is 0 Å². The van der Waals surface area contributed by atoms with Crippen LogP contribution in [0.1, 0.15) is 25.7 Å². The van der Waals surface area contributed by atoms with Crippen molar-refractivity contribution in [2.24, 2.45) is 0 Å². The van der Waals surface area contributed by atoms with E-state index >= 15 is 0 Å². The molecule has 0 saturated carbocycles. The smallest absolute Gasteiger partial charge is 0.337 e. The number of aryl methyl sites for hydroxylation is 1. The molecule has 0 aliphatic carbocycles. The Morgan fingerprint density at radius 1 is 1.42 bits per heavy atom. The average Bonchev–Trinajstić information content (AvgIpc) is 2.77. The lowest BCUT2D eigenvalue weighted by Crippen LogP contribution is -2.14. The third-order valence-corrected chi connectivity index (χ3v) is 3.57. The number of nitrogens with one attached hydrogen (secondary N) is 1. The lowest BCUT2D eigenvalue weighted by Gasteiger charge is -2.08. The molecule has 0 unspecified atom stereocenters. The number of hydrogen-bond acceptors (Lipinski definition) is 4. The van der Waals surface area contributed by atoms with Gasteiger partial charge in [-0.2, -0.15) is 0 Å². The van der Waals surface area contributed by atoms with E-state index in [1.165, 1.54) is 29.5 Å². The van der Waals surface area contributed by atoms with E-state index in [2.05, 4.69) is 10.3 Å². The van der Waals surface area contributed by atoms with Crippen molar-refractivity contribution in [1.82, 2.24) is 4.98 Å². The van der Waals surface area contributed by atoms with E-state index in [0.717, 1.165) is 0 Å². The number of carboxylic acids is 1. The Morgan fingerprint density at radius 3 is 2.74 bits per heavy atom. The van der Waals surface area contributed by atoms with Crippen LogP contribution in [-0.2, 0) is 0 Å². The quantitative estimate of drug-likeness (QED) is 0.912. The van der Waals surface area contributed by atoms with Gasteiger partial charge in [-0.05, 0) is 25.1 Å². The van der Waals surface area contributed by atoms with Gasteiger partial charge in [-0.3, -0.25) is 4.79 Å². The van der Waals surface area contributed by atoms with Crippen LogP contribution in [0.15, 0.2) is 23.7 Å². The summed E-state index contributed by atoms with van der Waals surface area (Å²) in [5.74, 6) is -1.54. The minimum absolute atomic E-state index is 0.0528. The van der Waals surface area contributed by atoms with E-state index in [1.807, 2.05) is 0 Å². The number of carbonyl (C=O) groups is 2. The number of halogens is 1. The fourth-order valence-electron chi connectivity index (χ4n) is 1.50. The topological polar surface area (TPSA) is 79.3 Å². The molecule has 2 aromatic rings. The maximum atomic E-state index is 12.0. The predicted molar refractivity (Wildman–Crippen MR) is 73.2 cm³/mol.